The van der Waals surface area contributed by atoms with E-state index in [1.807, 2.05) is 13.8 Å². The summed E-state index contributed by atoms with van der Waals surface area (Å²) in [6.45, 7) is 4.92. The van der Waals surface area contributed by atoms with Crippen molar-refractivity contribution in [2.24, 2.45) is 23.3 Å². The van der Waals surface area contributed by atoms with E-state index in [1.54, 1.807) is 0 Å². The highest BCUT2D eigenvalue weighted by atomic mass is 16.5. The summed E-state index contributed by atoms with van der Waals surface area (Å²) in [5, 5.41) is 0. The van der Waals surface area contributed by atoms with E-state index in [2.05, 4.69) is 0 Å². The van der Waals surface area contributed by atoms with Gasteiger partial charge in [0.15, 0.2) is 0 Å². The Morgan fingerprint density at radius 3 is 1.71 bits per heavy atom. The molecule has 0 heterocycles. The van der Waals surface area contributed by atoms with Crippen LogP contribution >= 0.6 is 0 Å². The van der Waals surface area contributed by atoms with Crippen LogP contribution in [-0.4, -0.2) is 37.2 Å². The Morgan fingerprint density at radius 2 is 1.33 bits per heavy atom. The number of hydrogen-bond acceptors (Lipinski definition) is 6. The average molecular weight is 342 g/mol. The van der Waals surface area contributed by atoms with E-state index < -0.39 is 12.1 Å². The van der Waals surface area contributed by atoms with E-state index in [-0.39, 0.29) is 23.8 Å². The zero-order valence-electron chi connectivity index (χ0n) is 15.2. The molecular weight excluding hydrogens is 308 g/mol. The molecule has 4 N–H and O–H groups in total. The normalized spacial score (nSPS) is 23.3. The van der Waals surface area contributed by atoms with Crippen molar-refractivity contribution in [3.8, 4) is 0 Å². The van der Waals surface area contributed by atoms with Crippen molar-refractivity contribution in [1.29, 1.82) is 0 Å². The Kier molecular flexibility index (Phi) is 9.95. The third-order valence-corrected chi connectivity index (χ3v) is 4.80. The molecule has 1 aliphatic rings. The summed E-state index contributed by atoms with van der Waals surface area (Å²) < 4.78 is 10.4. The molecule has 0 radical (unpaired) electrons. The van der Waals surface area contributed by atoms with E-state index >= 15 is 0 Å². The van der Waals surface area contributed by atoms with Gasteiger partial charge < -0.3 is 20.9 Å². The van der Waals surface area contributed by atoms with E-state index in [4.69, 9.17) is 20.9 Å². The lowest BCUT2D eigenvalue weighted by Crippen LogP contribution is -2.46. The molecule has 0 aromatic carbocycles. The predicted octanol–water partition coefficient (Wildman–Crippen LogP) is 2.13. The molecule has 6 heteroatoms. The number of hydrogen-bond donors (Lipinski definition) is 2. The first kappa shape index (κ1) is 20.9. The maximum Gasteiger partial charge on any atom is 0.323 e. The van der Waals surface area contributed by atoms with Gasteiger partial charge in [-0.05, 0) is 43.9 Å². The third-order valence-electron chi connectivity index (χ3n) is 4.80. The van der Waals surface area contributed by atoms with Crippen LogP contribution in [0, 0.1) is 11.8 Å². The second-order valence-electron chi connectivity index (χ2n) is 6.78. The van der Waals surface area contributed by atoms with Crippen LogP contribution in [0.2, 0.25) is 0 Å². The number of unbranched alkanes of at least 4 members (excludes halogenated alkanes) is 2. The molecule has 0 spiro atoms. The van der Waals surface area contributed by atoms with Gasteiger partial charge in [0.2, 0.25) is 0 Å². The Bertz CT molecular complexity index is 355. The molecule has 0 amide bonds. The molecule has 0 bridgehead atoms. The van der Waals surface area contributed by atoms with Crippen molar-refractivity contribution in [3.63, 3.8) is 0 Å². The van der Waals surface area contributed by atoms with Gasteiger partial charge in [-0.1, -0.05) is 33.1 Å². The molecule has 140 valence electrons. The number of carbonyl (C=O) groups is 2. The third kappa shape index (κ3) is 6.77. The summed E-state index contributed by atoms with van der Waals surface area (Å²) >= 11 is 0. The minimum absolute atomic E-state index is 0.0207. The fraction of sp³-hybridized carbons (Fsp3) is 0.889. The maximum absolute atomic E-state index is 12.0. The molecule has 4 unspecified atom stereocenters. The Labute approximate surface area is 145 Å². The van der Waals surface area contributed by atoms with Crippen molar-refractivity contribution >= 4 is 11.9 Å². The number of rotatable bonds is 10. The van der Waals surface area contributed by atoms with E-state index in [9.17, 15) is 9.59 Å². The van der Waals surface area contributed by atoms with Crippen molar-refractivity contribution < 1.29 is 19.1 Å². The molecular formula is C18H34N2O4. The number of ether oxygens (including phenoxy) is 2. The van der Waals surface area contributed by atoms with Crippen LogP contribution < -0.4 is 11.5 Å². The molecule has 0 saturated heterocycles. The van der Waals surface area contributed by atoms with Crippen molar-refractivity contribution in [3.05, 3.63) is 0 Å². The van der Waals surface area contributed by atoms with Crippen molar-refractivity contribution in [2.75, 3.05) is 13.2 Å². The molecule has 4 atom stereocenters. The second-order valence-corrected chi connectivity index (χ2v) is 6.78. The number of esters is 2. The maximum atomic E-state index is 12.0. The Morgan fingerprint density at radius 1 is 0.917 bits per heavy atom. The van der Waals surface area contributed by atoms with Crippen LogP contribution in [0.4, 0.5) is 0 Å². The molecule has 1 aliphatic carbocycles. The number of nitrogens with two attached hydrogens (primary N) is 2. The molecule has 0 aromatic rings. The van der Waals surface area contributed by atoms with Crippen LogP contribution in [-0.2, 0) is 19.1 Å². The first-order valence-corrected chi connectivity index (χ1v) is 9.35. The predicted molar refractivity (Wildman–Crippen MR) is 93.1 cm³/mol. The number of carbonyl (C=O) groups excluding carboxylic acids is 2. The fourth-order valence-corrected chi connectivity index (χ4v) is 3.13. The Hall–Kier alpha value is -1.14. The van der Waals surface area contributed by atoms with Gasteiger partial charge in [0.05, 0.1) is 13.2 Å². The fourth-order valence-electron chi connectivity index (χ4n) is 3.13. The van der Waals surface area contributed by atoms with Gasteiger partial charge in [-0.3, -0.25) is 9.59 Å². The highest BCUT2D eigenvalue weighted by Crippen LogP contribution is 2.32. The summed E-state index contributed by atoms with van der Waals surface area (Å²) in [6.07, 6.45) is 6.98. The zero-order chi connectivity index (χ0) is 17.9. The first-order valence-electron chi connectivity index (χ1n) is 9.35. The summed E-state index contributed by atoms with van der Waals surface area (Å²) in [5.74, 6) is -0.638. The van der Waals surface area contributed by atoms with Gasteiger partial charge >= 0.3 is 11.9 Å². The SMILES string of the molecule is CCCCOC(=O)C(N)C1CCCC(C(N)C(=O)OCCCC)C1. The molecule has 24 heavy (non-hydrogen) atoms. The monoisotopic (exact) mass is 342 g/mol. The minimum atomic E-state index is -0.632. The van der Waals surface area contributed by atoms with Gasteiger partial charge in [-0.25, -0.2) is 0 Å². The molecule has 1 fully saturated rings. The highest BCUT2D eigenvalue weighted by Gasteiger charge is 2.36. The molecule has 1 rings (SSSR count). The second kappa shape index (κ2) is 11.4. The minimum Gasteiger partial charge on any atom is -0.465 e. The average Bonchev–Trinajstić information content (AvgIpc) is 2.60. The van der Waals surface area contributed by atoms with Crippen LogP contribution in [0.3, 0.4) is 0 Å². The summed E-state index contributed by atoms with van der Waals surface area (Å²) in [6, 6.07) is -1.26. The van der Waals surface area contributed by atoms with Crippen LogP contribution in [0.25, 0.3) is 0 Å². The zero-order valence-corrected chi connectivity index (χ0v) is 15.2. The molecule has 0 aromatic heterocycles. The van der Waals surface area contributed by atoms with Gasteiger partial charge in [0, 0.05) is 0 Å². The highest BCUT2D eigenvalue weighted by molar-refractivity contribution is 5.76. The van der Waals surface area contributed by atoms with E-state index in [1.165, 1.54) is 0 Å². The first-order chi connectivity index (χ1) is 11.5. The topological polar surface area (TPSA) is 105 Å². The largest absolute Gasteiger partial charge is 0.465 e. The van der Waals surface area contributed by atoms with Crippen LogP contribution in [0.1, 0.15) is 65.2 Å². The quantitative estimate of drug-likeness (QED) is 0.465. The lowest BCUT2D eigenvalue weighted by molar-refractivity contribution is -0.148. The summed E-state index contributed by atoms with van der Waals surface area (Å²) in [4.78, 5) is 24.1. The smallest absolute Gasteiger partial charge is 0.323 e. The standard InChI is InChI=1S/C18H34N2O4/c1-3-5-10-23-17(21)15(19)13-8-7-9-14(12-13)16(20)18(22)24-11-6-4-2/h13-16H,3-12,19-20H2,1-2H3. The lowest BCUT2D eigenvalue weighted by Gasteiger charge is -2.34. The van der Waals surface area contributed by atoms with Crippen LogP contribution in [0.5, 0.6) is 0 Å². The van der Waals surface area contributed by atoms with E-state index in [0.717, 1.165) is 44.9 Å². The van der Waals surface area contributed by atoms with Gasteiger partial charge in [-0.15, -0.1) is 0 Å². The van der Waals surface area contributed by atoms with Crippen molar-refractivity contribution in [1.82, 2.24) is 0 Å². The Balaban J connectivity index is 2.47. The molecule has 1 saturated carbocycles. The molecule has 6 nitrogen and oxygen atoms in total. The lowest BCUT2D eigenvalue weighted by atomic mass is 9.75. The van der Waals surface area contributed by atoms with Gasteiger partial charge in [0.25, 0.3) is 0 Å². The van der Waals surface area contributed by atoms with Gasteiger partial charge in [-0.2, -0.15) is 0 Å². The van der Waals surface area contributed by atoms with Gasteiger partial charge in [0.1, 0.15) is 12.1 Å². The molecule has 0 aliphatic heterocycles. The summed E-state index contributed by atoms with van der Waals surface area (Å²) in [7, 11) is 0. The van der Waals surface area contributed by atoms with E-state index in [0.29, 0.717) is 19.6 Å². The van der Waals surface area contributed by atoms with Crippen molar-refractivity contribution in [2.45, 2.75) is 77.3 Å². The summed E-state index contributed by atoms with van der Waals surface area (Å²) in [5.41, 5.74) is 12.2. The van der Waals surface area contributed by atoms with Crippen LogP contribution in [0.15, 0.2) is 0 Å².